The highest BCUT2D eigenvalue weighted by atomic mass is 16.8. The highest BCUT2D eigenvalue weighted by Gasteiger charge is 2.94. The molecule has 3 saturated carbocycles. The molecule has 0 amide bonds. The molecule has 7 nitrogen and oxygen atoms in total. The molecule has 0 radical (unpaired) electrons. The van der Waals surface area contributed by atoms with Gasteiger partial charge in [-0.25, -0.2) is 0 Å². The van der Waals surface area contributed by atoms with Crippen molar-refractivity contribution in [3.63, 3.8) is 0 Å². The molecule has 3 heterocycles. The van der Waals surface area contributed by atoms with Crippen LogP contribution in [0.4, 0.5) is 0 Å². The summed E-state index contributed by atoms with van der Waals surface area (Å²) in [5.74, 6) is -2.16. The summed E-state index contributed by atoms with van der Waals surface area (Å²) in [5, 5.41) is 11.1. The lowest BCUT2D eigenvalue weighted by atomic mass is 9.41. The smallest absolute Gasteiger partial charge is 0.305 e. The summed E-state index contributed by atoms with van der Waals surface area (Å²) in [5.41, 5.74) is -2.83. The molecule has 6 fully saturated rings. The highest BCUT2D eigenvalue weighted by molar-refractivity contribution is 5.67. The van der Waals surface area contributed by atoms with E-state index in [1.165, 1.54) is 13.8 Å². The summed E-state index contributed by atoms with van der Waals surface area (Å²) in [6, 6.07) is 0. The van der Waals surface area contributed by atoms with Gasteiger partial charge in [0.25, 0.3) is 0 Å². The number of rotatable bonds is 3. The fourth-order valence-electron chi connectivity index (χ4n) is 4.98. The molecular weight excluding hydrogens is 280 g/mol. The summed E-state index contributed by atoms with van der Waals surface area (Å²) in [6.45, 7) is 4.45. The Kier molecular flexibility index (Phi) is 2.19. The third-order valence-electron chi connectivity index (χ3n) is 5.81. The van der Waals surface area contributed by atoms with E-state index < -0.39 is 40.6 Å². The Morgan fingerprint density at radius 1 is 1.29 bits per heavy atom. The molecule has 6 bridgehead atoms. The largest absolute Gasteiger partial charge is 0.465 e. The van der Waals surface area contributed by atoms with Gasteiger partial charge in [0.05, 0.1) is 5.41 Å². The van der Waals surface area contributed by atoms with E-state index in [9.17, 15) is 14.7 Å². The van der Waals surface area contributed by atoms with E-state index in [2.05, 4.69) is 0 Å². The molecule has 0 aromatic heterocycles. The minimum Gasteiger partial charge on any atom is -0.465 e. The number of esters is 2. The zero-order valence-corrected chi connectivity index (χ0v) is 12.2. The van der Waals surface area contributed by atoms with E-state index in [0.29, 0.717) is 12.8 Å². The zero-order valence-electron chi connectivity index (χ0n) is 12.2. The number of carbonyl (C=O) groups excluding carboxylic acids is 2. The van der Waals surface area contributed by atoms with Gasteiger partial charge in [-0.3, -0.25) is 9.59 Å². The molecule has 0 aromatic carbocycles. The topological polar surface area (TPSA) is 91.3 Å². The van der Waals surface area contributed by atoms with Crippen LogP contribution in [0.1, 0.15) is 33.6 Å². The first kappa shape index (κ1) is 13.5. The second-order valence-electron chi connectivity index (χ2n) is 6.82. The van der Waals surface area contributed by atoms with Crippen LogP contribution in [0, 0.1) is 11.3 Å². The first-order valence-electron chi connectivity index (χ1n) is 7.10. The third-order valence-corrected chi connectivity index (χ3v) is 5.81. The first-order valence-corrected chi connectivity index (χ1v) is 7.10. The van der Waals surface area contributed by atoms with Crippen molar-refractivity contribution in [2.75, 3.05) is 6.61 Å². The van der Waals surface area contributed by atoms with Crippen molar-refractivity contribution in [3.8, 4) is 0 Å². The van der Waals surface area contributed by atoms with Gasteiger partial charge in [-0.2, -0.15) is 0 Å². The van der Waals surface area contributed by atoms with Gasteiger partial charge in [-0.05, 0) is 13.3 Å². The van der Waals surface area contributed by atoms with Crippen LogP contribution in [0.2, 0.25) is 0 Å². The van der Waals surface area contributed by atoms with Crippen molar-refractivity contribution >= 4 is 11.9 Å². The van der Waals surface area contributed by atoms with Crippen LogP contribution in [-0.2, 0) is 28.5 Å². The monoisotopic (exact) mass is 298 g/mol. The summed E-state index contributed by atoms with van der Waals surface area (Å²) < 4.78 is 22.4. The molecule has 7 heteroatoms. The fraction of sp³-hybridized carbons (Fsp3) is 0.857. The summed E-state index contributed by atoms with van der Waals surface area (Å²) in [6.07, 6.45) is -0.0214. The third kappa shape index (κ3) is 1.19. The van der Waals surface area contributed by atoms with Crippen LogP contribution in [0.15, 0.2) is 0 Å². The molecular formula is C14H18O7. The Morgan fingerprint density at radius 2 is 2.00 bits per heavy atom. The Bertz CT molecular complexity index is 562. The fourth-order valence-corrected chi connectivity index (χ4v) is 4.98. The lowest BCUT2D eigenvalue weighted by molar-refractivity contribution is -0.385. The van der Waals surface area contributed by atoms with Gasteiger partial charge in [0.15, 0.2) is 6.29 Å². The van der Waals surface area contributed by atoms with Crippen LogP contribution < -0.4 is 0 Å². The average Bonchev–Trinajstić information content (AvgIpc) is 2.52. The van der Waals surface area contributed by atoms with Gasteiger partial charge in [0.1, 0.15) is 17.8 Å². The van der Waals surface area contributed by atoms with E-state index in [4.69, 9.17) is 18.9 Å². The first-order chi connectivity index (χ1) is 9.69. The molecule has 6 atom stereocenters. The minimum absolute atomic E-state index is 0.00672. The van der Waals surface area contributed by atoms with Crippen LogP contribution >= 0.6 is 0 Å². The molecule has 3 saturated heterocycles. The lowest BCUT2D eigenvalue weighted by Gasteiger charge is -2.65. The molecule has 6 rings (SSSR count). The maximum absolute atomic E-state index is 11.4. The van der Waals surface area contributed by atoms with Gasteiger partial charge in [-0.1, -0.05) is 0 Å². The number of aliphatic hydroxyl groups is 1. The van der Waals surface area contributed by atoms with Gasteiger partial charge >= 0.3 is 11.9 Å². The van der Waals surface area contributed by atoms with Gasteiger partial charge < -0.3 is 24.1 Å². The lowest BCUT2D eigenvalue weighted by Crippen LogP contribution is -2.79. The molecule has 0 spiro atoms. The van der Waals surface area contributed by atoms with Crippen molar-refractivity contribution in [2.24, 2.45) is 11.3 Å². The van der Waals surface area contributed by atoms with Crippen molar-refractivity contribution in [2.45, 2.75) is 56.9 Å². The SMILES string of the molecule is CC(=O)OCC12C3OC4(OC(C)=O)CC(C)(O3)C1(O)CC42. The average molecular weight is 298 g/mol. The second-order valence-corrected chi connectivity index (χ2v) is 6.82. The quantitative estimate of drug-likeness (QED) is 0.739. The van der Waals surface area contributed by atoms with Crippen LogP contribution in [0.5, 0.6) is 0 Å². The molecule has 116 valence electrons. The number of ether oxygens (including phenoxy) is 4. The molecule has 6 aliphatic rings. The van der Waals surface area contributed by atoms with E-state index in [-0.39, 0.29) is 12.5 Å². The summed E-state index contributed by atoms with van der Waals surface area (Å²) >= 11 is 0. The molecule has 0 aromatic rings. The summed E-state index contributed by atoms with van der Waals surface area (Å²) in [7, 11) is 0. The van der Waals surface area contributed by atoms with Crippen molar-refractivity contribution in [3.05, 3.63) is 0 Å². The van der Waals surface area contributed by atoms with E-state index in [1.54, 1.807) is 6.92 Å². The van der Waals surface area contributed by atoms with E-state index in [1.807, 2.05) is 0 Å². The Labute approximate surface area is 121 Å². The predicted octanol–water partition coefficient (Wildman–Crippen LogP) is 0.0952. The van der Waals surface area contributed by atoms with Crippen molar-refractivity contribution in [1.29, 1.82) is 0 Å². The Balaban J connectivity index is 1.76. The summed E-state index contributed by atoms with van der Waals surface area (Å²) in [4.78, 5) is 22.6. The molecule has 21 heavy (non-hydrogen) atoms. The molecule has 6 unspecified atom stereocenters. The van der Waals surface area contributed by atoms with E-state index >= 15 is 0 Å². The number of carbonyl (C=O) groups is 2. The normalized spacial score (nSPS) is 55.2. The van der Waals surface area contributed by atoms with Crippen molar-refractivity contribution < 1.29 is 33.6 Å². The maximum atomic E-state index is 11.4. The highest BCUT2D eigenvalue weighted by Crippen LogP contribution is 2.80. The van der Waals surface area contributed by atoms with E-state index in [0.717, 1.165) is 0 Å². The van der Waals surface area contributed by atoms with Gasteiger partial charge in [0, 0.05) is 26.2 Å². The maximum Gasteiger partial charge on any atom is 0.305 e. The Morgan fingerprint density at radius 3 is 2.62 bits per heavy atom. The second kappa shape index (κ2) is 3.42. The number of hydrogen-bond donors (Lipinski definition) is 1. The predicted molar refractivity (Wildman–Crippen MR) is 65.6 cm³/mol. The minimum atomic E-state index is -1.12. The van der Waals surface area contributed by atoms with Crippen LogP contribution in [-0.4, -0.2) is 46.9 Å². The van der Waals surface area contributed by atoms with Gasteiger partial charge in [0.2, 0.25) is 5.79 Å². The van der Waals surface area contributed by atoms with Gasteiger partial charge in [-0.15, -0.1) is 0 Å². The van der Waals surface area contributed by atoms with Crippen LogP contribution in [0.3, 0.4) is 0 Å². The standard InChI is InChI=1S/C14H18O7/c1-7(15)18-6-12-9-4-14(12,17)11(3)5-13(9,19-8(2)16)21-10(12)20-11/h9-10,17H,4-6H2,1-3H3. The molecule has 3 aliphatic heterocycles. The Hall–Kier alpha value is -1.18. The van der Waals surface area contributed by atoms with Crippen LogP contribution in [0.25, 0.3) is 0 Å². The van der Waals surface area contributed by atoms with Crippen molar-refractivity contribution in [1.82, 2.24) is 0 Å². The molecule has 1 N–H and O–H groups in total. The number of hydrogen-bond acceptors (Lipinski definition) is 7. The molecule has 3 aliphatic carbocycles. The zero-order chi connectivity index (χ0) is 15.3.